The van der Waals surface area contributed by atoms with E-state index in [2.05, 4.69) is 40.9 Å². The molecule has 4 N–H and O–H groups in total. The van der Waals surface area contributed by atoms with Crippen LogP contribution in [0.2, 0.25) is 0 Å². The zero-order chi connectivity index (χ0) is 14.5. The Kier molecular flexibility index (Phi) is 3.64. The average Bonchev–Trinajstić information content (AvgIpc) is 3.20. The highest BCUT2D eigenvalue weighted by atomic mass is 15.4. The third-order valence-corrected chi connectivity index (χ3v) is 2.56. The van der Waals surface area contributed by atoms with Crippen molar-refractivity contribution in [2.45, 2.75) is 6.54 Å². The normalized spacial score (nSPS) is 10.5. The van der Waals surface area contributed by atoms with Crippen molar-refractivity contribution in [2.75, 3.05) is 17.3 Å². The molecule has 11 nitrogen and oxygen atoms in total. The van der Waals surface area contributed by atoms with Crippen LogP contribution in [0.1, 0.15) is 0 Å². The fourth-order valence-corrected chi connectivity index (χ4v) is 1.64. The van der Waals surface area contributed by atoms with Crippen molar-refractivity contribution in [1.29, 1.82) is 0 Å². The van der Waals surface area contributed by atoms with E-state index < -0.39 is 0 Å². The first-order valence-corrected chi connectivity index (χ1v) is 6.14. The minimum atomic E-state index is 0.233. The molecule has 3 rings (SSSR count). The van der Waals surface area contributed by atoms with E-state index in [9.17, 15) is 0 Å². The van der Waals surface area contributed by atoms with Crippen molar-refractivity contribution in [3.63, 3.8) is 0 Å². The molecule has 0 atom stereocenters. The first-order valence-electron chi connectivity index (χ1n) is 6.14. The van der Waals surface area contributed by atoms with Crippen molar-refractivity contribution >= 4 is 11.9 Å². The van der Waals surface area contributed by atoms with E-state index >= 15 is 0 Å². The molecule has 0 aliphatic heterocycles. The van der Waals surface area contributed by atoms with Crippen LogP contribution in [0.3, 0.4) is 0 Å². The topological polar surface area (TPSA) is 137 Å². The van der Waals surface area contributed by atoms with Gasteiger partial charge in [0.15, 0.2) is 0 Å². The molecule has 0 unspecified atom stereocenters. The lowest BCUT2D eigenvalue weighted by Gasteiger charge is -2.08. The van der Waals surface area contributed by atoms with Crippen LogP contribution < -0.4 is 16.6 Å². The van der Waals surface area contributed by atoms with E-state index in [-0.39, 0.29) is 5.95 Å². The lowest BCUT2D eigenvalue weighted by Crippen LogP contribution is -2.18. The van der Waals surface area contributed by atoms with Gasteiger partial charge in [-0.15, -0.1) is 0 Å². The van der Waals surface area contributed by atoms with Gasteiger partial charge in [0.1, 0.15) is 12.7 Å². The van der Waals surface area contributed by atoms with Crippen LogP contribution in [0, 0.1) is 0 Å². The van der Waals surface area contributed by atoms with Crippen LogP contribution in [0.15, 0.2) is 31.1 Å². The minimum absolute atomic E-state index is 0.233. The van der Waals surface area contributed by atoms with Crippen molar-refractivity contribution in [2.24, 2.45) is 5.84 Å². The molecule has 0 spiro atoms. The molecule has 11 heteroatoms. The van der Waals surface area contributed by atoms with Crippen molar-refractivity contribution < 1.29 is 0 Å². The van der Waals surface area contributed by atoms with E-state index in [0.29, 0.717) is 25.0 Å². The Labute approximate surface area is 119 Å². The summed E-state index contributed by atoms with van der Waals surface area (Å²) in [7, 11) is 0. The number of aromatic nitrogens is 8. The van der Waals surface area contributed by atoms with Gasteiger partial charge >= 0.3 is 0 Å². The van der Waals surface area contributed by atoms with Gasteiger partial charge < -0.3 is 5.32 Å². The lowest BCUT2D eigenvalue weighted by atomic mass is 10.6. The monoisotopic (exact) mass is 287 g/mol. The summed E-state index contributed by atoms with van der Waals surface area (Å²) < 4.78 is 3.22. The van der Waals surface area contributed by atoms with Gasteiger partial charge in [-0.2, -0.15) is 29.8 Å². The first kappa shape index (κ1) is 12.9. The molecule has 3 aromatic heterocycles. The molecule has 0 saturated heterocycles. The van der Waals surface area contributed by atoms with Crippen LogP contribution in [-0.4, -0.2) is 46.0 Å². The number of rotatable bonds is 6. The van der Waals surface area contributed by atoms with E-state index in [1.807, 2.05) is 12.3 Å². The minimum Gasteiger partial charge on any atom is -0.352 e. The second kappa shape index (κ2) is 5.92. The number of hydrazine groups is 1. The summed E-state index contributed by atoms with van der Waals surface area (Å²) in [5.41, 5.74) is 2.39. The summed E-state index contributed by atoms with van der Waals surface area (Å²) in [5, 5.41) is 11.2. The number of nitrogens with one attached hydrogen (secondary N) is 2. The SMILES string of the molecule is NNc1nc(NCCn2cccn2)nc(-n2cncn2)n1. The summed E-state index contributed by atoms with van der Waals surface area (Å²) >= 11 is 0. The van der Waals surface area contributed by atoms with E-state index in [0.717, 1.165) is 0 Å². The van der Waals surface area contributed by atoms with Crippen LogP contribution in [0.25, 0.3) is 5.95 Å². The molecule has 21 heavy (non-hydrogen) atoms. The first-order chi connectivity index (χ1) is 10.3. The van der Waals surface area contributed by atoms with Gasteiger partial charge in [-0.1, -0.05) is 0 Å². The lowest BCUT2D eigenvalue weighted by molar-refractivity contribution is 0.635. The molecular formula is C10H13N11. The van der Waals surface area contributed by atoms with Crippen molar-refractivity contribution in [3.8, 4) is 5.95 Å². The molecule has 0 aliphatic rings. The molecule has 108 valence electrons. The quantitative estimate of drug-likeness (QED) is 0.387. The van der Waals surface area contributed by atoms with Gasteiger partial charge in [-0.3, -0.25) is 10.1 Å². The molecule has 3 aromatic rings. The van der Waals surface area contributed by atoms with Gasteiger partial charge in [0.2, 0.25) is 11.9 Å². The number of anilines is 2. The molecule has 0 amide bonds. The number of nitrogens with two attached hydrogens (primary N) is 1. The maximum atomic E-state index is 5.36. The molecule has 0 fully saturated rings. The van der Waals surface area contributed by atoms with Crippen LogP contribution in [-0.2, 0) is 6.54 Å². The Morgan fingerprint density at radius 1 is 1.14 bits per heavy atom. The molecule has 3 heterocycles. The highest BCUT2D eigenvalue weighted by Gasteiger charge is 2.07. The Balaban J connectivity index is 1.73. The Morgan fingerprint density at radius 2 is 2.05 bits per heavy atom. The molecule has 0 saturated carbocycles. The number of hydrogen-bond donors (Lipinski definition) is 3. The smallest absolute Gasteiger partial charge is 0.258 e. The third-order valence-electron chi connectivity index (χ3n) is 2.56. The van der Waals surface area contributed by atoms with Crippen LogP contribution >= 0.6 is 0 Å². The number of nitrogens with zero attached hydrogens (tertiary/aromatic N) is 8. The second-order valence-corrected chi connectivity index (χ2v) is 3.96. The summed E-state index contributed by atoms with van der Waals surface area (Å²) in [6, 6.07) is 1.86. The fraction of sp³-hybridized carbons (Fsp3) is 0.200. The Morgan fingerprint density at radius 3 is 2.76 bits per heavy atom. The zero-order valence-electron chi connectivity index (χ0n) is 11.0. The van der Waals surface area contributed by atoms with Crippen LogP contribution in [0.4, 0.5) is 11.9 Å². The predicted molar refractivity (Wildman–Crippen MR) is 73.3 cm³/mol. The number of hydrogen-bond acceptors (Lipinski definition) is 9. The predicted octanol–water partition coefficient (Wildman–Crippen LogP) is -0.954. The maximum absolute atomic E-state index is 5.36. The molecule has 0 aliphatic carbocycles. The zero-order valence-corrected chi connectivity index (χ0v) is 11.0. The summed E-state index contributed by atoms with van der Waals surface area (Å²) in [6.45, 7) is 1.29. The highest BCUT2D eigenvalue weighted by molar-refractivity contribution is 5.36. The number of nitrogen functional groups attached to an aromatic ring is 1. The van der Waals surface area contributed by atoms with Crippen molar-refractivity contribution in [1.82, 2.24) is 39.5 Å². The van der Waals surface area contributed by atoms with Crippen LogP contribution in [0.5, 0.6) is 0 Å². The maximum Gasteiger partial charge on any atom is 0.258 e. The summed E-state index contributed by atoms with van der Waals surface area (Å²) in [6.07, 6.45) is 6.48. The van der Waals surface area contributed by atoms with E-state index in [1.54, 1.807) is 10.9 Å². The standard InChI is InChI=1S/C10H13N11/c11-19-9-16-8(13-3-5-20-4-1-2-14-20)17-10(18-9)21-7-12-6-15-21/h1-2,4,6-7H,3,5,11H2,(H2,13,16,17,18,19). The van der Waals surface area contributed by atoms with Gasteiger partial charge in [-0.05, 0) is 6.07 Å². The molecule has 0 radical (unpaired) electrons. The molecular weight excluding hydrogens is 274 g/mol. The molecule has 0 aromatic carbocycles. The van der Waals surface area contributed by atoms with Gasteiger partial charge in [0, 0.05) is 18.9 Å². The molecule has 0 bridgehead atoms. The largest absolute Gasteiger partial charge is 0.352 e. The van der Waals surface area contributed by atoms with Gasteiger partial charge in [0.25, 0.3) is 5.95 Å². The fourth-order valence-electron chi connectivity index (χ4n) is 1.64. The van der Waals surface area contributed by atoms with Gasteiger partial charge in [-0.25, -0.2) is 10.8 Å². The van der Waals surface area contributed by atoms with Crippen molar-refractivity contribution in [3.05, 3.63) is 31.1 Å². The average molecular weight is 287 g/mol. The second-order valence-electron chi connectivity index (χ2n) is 3.96. The van der Waals surface area contributed by atoms with Gasteiger partial charge in [0.05, 0.1) is 6.54 Å². The van der Waals surface area contributed by atoms with E-state index in [4.69, 9.17) is 5.84 Å². The highest BCUT2D eigenvalue weighted by Crippen LogP contribution is 2.07. The third kappa shape index (κ3) is 3.09. The Hall–Kier alpha value is -3.08. The van der Waals surface area contributed by atoms with E-state index in [1.165, 1.54) is 17.3 Å². The summed E-state index contributed by atoms with van der Waals surface area (Å²) in [4.78, 5) is 16.3. The Bertz CT molecular complexity index is 675. The summed E-state index contributed by atoms with van der Waals surface area (Å²) in [5.74, 6) is 6.29.